The van der Waals surface area contributed by atoms with Gasteiger partial charge in [0.15, 0.2) is 0 Å². The number of anilines is 1. The lowest BCUT2D eigenvalue weighted by Gasteiger charge is -2.29. The summed E-state index contributed by atoms with van der Waals surface area (Å²) in [7, 11) is 0. The summed E-state index contributed by atoms with van der Waals surface area (Å²) in [5, 5.41) is 10.5. The highest BCUT2D eigenvalue weighted by atomic mass is 16.5. The third kappa shape index (κ3) is 6.09. The molecule has 3 atom stereocenters. The molecule has 9 heteroatoms. The standard InChI is InChI=1S/C30H35N5O4/c1-2-3-15-35(23-6-4-12-31-18-23)28(36)20-34-19-24(21-7-9-26-22(17-21)11-16-39-26)29(30(37)38)25(34)8-10-27-32-13-5-14-33-27/h4-7,9,12-14,17-18,24-25,29H,2-3,8,10-11,15-16,19-20H2,1H3,(H,37,38)/t24-,25+,29-/m1/s1. The van der Waals surface area contributed by atoms with Crippen LogP contribution in [0.3, 0.4) is 0 Å². The first-order valence-corrected chi connectivity index (χ1v) is 13.7. The molecule has 4 heterocycles. The molecule has 0 unspecified atom stereocenters. The van der Waals surface area contributed by atoms with E-state index in [-0.39, 0.29) is 24.4 Å². The summed E-state index contributed by atoms with van der Waals surface area (Å²) in [5.41, 5.74) is 2.86. The van der Waals surface area contributed by atoms with Crippen LogP contribution >= 0.6 is 0 Å². The second kappa shape index (κ2) is 12.3. The van der Waals surface area contributed by atoms with Crippen LogP contribution in [-0.2, 0) is 22.4 Å². The molecule has 2 aromatic heterocycles. The van der Waals surface area contributed by atoms with Crippen LogP contribution < -0.4 is 9.64 Å². The minimum atomic E-state index is -0.847. The Morgan fingerprint density at radius 1 is 1.15 bits per heavy atom. The van der Waals surface area contributed by atoms with E-state index in [1.165, 1.54) is 0 Å². The maximum atomic E-state index is 13.8. The lowest BCUT2D eigenvalue weighted by Crippen LogP contribution is -2.44. The molecule has 0 spiro atoms. The van der Waals surface area contributed by atoms with Crippen molar-refractivity contribution < 1.29 is 19.4 Å². The Morgan fingerprint density at radius 3 is 2.74 bits per heavy atom. The molecule has 2 aliphatic rings. The molecule has 3 aromatic rings. The summed E-state index contributed by atoms with van der Waals surface area (Å²) in [5.74, 6) is -0.262. The fourth-order valence-electron chi connectivity index (χ4n) is 5.85. The van der Waals surface area contributed by atoms with Gasteiger partial charge in [-0.25, -0.2) is 9.97 Å². The lowest BCUT2D eigenvalue weighted by molar-refractivity contribution is -0.143. The molecular formula is C30H35N5O4. The molecule has 1 fully saturated rings. The number of rotatable bonds is 11. The zero-order valence-corrected chi connectivity index (χ0v) is 22.3. The van der Waals surface area contributed by atoms with E-state index in [1.54, 1.807) is 35.8 Å². The number of aliphatic carboxylic acids is 1. The highest BCUT2D eigenvalue weighted by molar-refractivity contribution is 5.94. The average molecular weight is 530 g/mol. The van der Waals surface area contributed by atoms with Gasteiger partial charge >= 0.3 is 5.97 Å². The van der Waals surface area contributed by atoms with Crippen molar-refractivity contribution in [2.45, 2.75) is 51.0 Å². The van der Waals surface area contributed by atoms with Gasteiger partial charge in [-0.2, -0.15) is 0 Å². The van der Waals surface area contributed by atoms with Crippen LogP contribution in [0.5, 0.6) is 5.75 Å². The number of benzene rings is 1. The summed E-state index contributed by atoms with van der Waals surface area (Å²) in [6.07, 6.45) is 10.5. The number of pyridine rings is 1. The van der Waals surface area contributed by atoms with Crippen molar-refractivity contribution >= 4 is 17.6 Å². The minimum absolute atomic E-state index is 0.0513. The van der Waals surface area contributed by atoms with Gasteiger partial charge in [0, 0.05) is 56.5 Å². The van der Waals surface area contributed by atoms with Gasteiger partial charge in [-0.3, -0.25) is 19.5 Å². The highest BCUT2D eigenvalue weighted by Gasteiger charge is 2.47. The Bertz CT molecular complexity index is 1270. The van der Waals surface area contributed by atoms with Gasteiger partial charge in [-0.1, -0.05) is 25.5 Å². The normalized spacial score (nSPS) is 20.4. The molecule has 0 radical (unpaired) electrons. The van der Waals surface area contributed by atoms with E-state index in [9.17, 15) is 14.7 Å². The smallest absolute Gasteiger partial charge is 0.308 e. The highest BCUT2D eigenvalue weighted by Crippen LogP contribution is 2.41. The molecule has 5 rings (SSSR count). The number of fused-ring (bicyclic) bond motifs is 1. The van der Waals surface area contributed by atoms with Crippen molar-refractivity contribution in [2.75, 3.05) is 31.1 Å². The molecule has 2 aliphatic heterocycles. The number of aromatic nitrogens is 3. The topological polar surface area (TPSA) is 109 Å². The third-order valence-electron chi connectivity index (χ3n) is 7.79. The van der Waals surface area contributed by atoms with Crippen molar-refractivity contribution in [1.29, 1.82) is 0 Å². The van der Waals surface area contributed by atoms with Gasteiger partial charge in [0.05, 0.1) is 31.0 Å². The number of nitrogens with zero attached hydrogens (tertiary/aromatic N) is 5. The second-order valence-corrected chi connectivity index (χ2v) is 10.2. The van der Waals surface area contributed by atoms with E-state index >= 15 is 0 Å². The number of carbonyl (C=O) groups excluding carboxylic acids is 1. The predicted octanol–water partition coefficient (Wildman–Crippen LogP) is 3.74. The maximum Gasteiger partial charge on any atom is 0.308 e. The third-order valence-corrected chi connectivity index (χ3v) is 7.79. The summed E-state index contributed by atoms with van der Waals surface area (Å²) >= 11 is 0. The number of carboxylic acid groups (broad SMARTS) is 1. The predicted molar refractivity (Wildman–Crippen MR) is 147 cm³/mol. The number of unbranched alkanes of at least 4 members (excludes halogenated alkanes) is 1. The summed E-state index contributed by atoms with van der Waals surface area (Å²) in [6, 6.07) is 11.2. The molecule has 0 aliphatic carbocycles. The van der Waals surface area contributed by atoms with Crippen molar-refractivity contribution in [2.24, 2.45) is 5.92 Å². The molecule has 1 N–H and O–H groups in total. The second-order valence-electron chi connectivity index (χ2n) is 10.2. The zero-order chi connectivity index (χ0) is 27.2. The molecule has 0 bridgehead atoms. The molecular weight excluding hydrogens is 494 g/mol. The van der Waals surface area contributed by atoms with E-state index < -0.39 is 11.9 Å². The molecule has 1 saturated heterocycles. The fraction of sp³-hybridized carbons (Fsp3) is 0.433. The fourth-order valence-corrected chi connectivity index (χ4v) is 5.85. The van der Waals surface area contributed by atoms with Gasteiger partial charge in [0.25, 0.3) is 0 Å². The summed E-state index contributed by atoms with van der Waals surface area (Å²) in [4.78, 5) is 43.3. The minimum Gasteiger partial charge on any atom is -0.493 e. The first-order valence-electron chi connectivity index (χ1n) is 13.7. The van der Waals surface area contributed by atoms with Crippen molar-refractivity contribution in [1.82, 2.24) is 19.9 Å². The van der Waals surface area contributed by atoms with E-state index in [0.717, 1.165) is 41.8 Å². The molecule has 204 valence electrons. The number of amides is 1. The van der Waals surface area contributed by atoms with Gasteiger partial charge < -0.3 is 14.7 Å². The van der Waals surface area contributed by atoms with Gasteiger partial charge in [-0.15, -0.1) is 0 Å². The van der Waals surface area contributed by atoms with E-state index in [0.29, 0.717) is 38.4 Å². The molecule has 1 amide bonds. The van der Waals surface area contributed by atoms with E-state index in [2.05, 4.69) is 32.8 Å². The Morgan fingerprint density at radius 2 is 2.00 bits per heavy atom. The molecule has 39 heavy (non-hydrogen) atoms. The van der Waals surface area contributed by atoms with Gasteiger partial charge in [-0.05, 0) is 48.2 Å². The Balaban J connectivity index is 1.43. The van der Waals surface area contributed by atoms with Crippen LogP contribution in [0.4, 0.5) is 5.69 Å². The monoisotopic (exact) mass is 529 g/mol. The van der Waals surface area contributed by atoms with E-state index in [1.807, 2.05) is 24.3 Å². The van der Waals surface area contributed by atoms with Crippen LogP contribution in [0.25, 0.3) is 0 Å². The maximum absolute atomic E-state index is 13.8. The van der Waals surface area contributed by atoms with Gasteiger partial charge in [0.2, 0.25) is 5.91 Å². The molecule has 9 nitrogen and oxygen atoms in total. The van der Waals surface area contributed by atoms with Crippen LogP contribution in [0, 0.1) is 5.92 Å². The number of hydrogen-bond donors (Lipinski definition) is 1. The van der Waals surface area contributed by atoms with E-state index in [4.69, 9.17) is 4.74 Å². The van der Waals surface area contributed by atoms with Crippen molar-refractivity contribution in [3.8, 4) is 5.75 Å². The largest absolute Gasteiger partial charge is 0.493 e. The van der Waals surface area contributed by atoms with Crippen LogP contribution in [0.15, 0.2) is 61.2 Å². The van der Waals surface area contributed by atoms with Crippen molar-refractivity contribution in [3.05, 3.63) is 78.1 Å². The number of ether oxygens (including phenoxy) is 1. The Labute approximate surface area is 228 Å². The van der Waals surface area contributed by atoms with Crippen LogP contribution in [0.1, 0.15) is 49.1 Å². The quantitative estimate of drug-likeness (QED) is 0.400. The lowest BCUT2D eigenvalue weighted by atomic mass is 9.83. The van der Waals surface area contributed by atoms with Crippen LogP contribution in [0.2, 0.25) is 0 Å². The molecule has 0 saturated carbocycles. The number of carbonyl (C=O) groups is 2. The Hall–Kier alpha value is -3.85. The first-order chi connectivity index (χ1) is 19.0. The van der Waals surface area contributed by atoms with Crippen molar-refractivity contribution in [3.63, 3.8) is 0 Å². The van der Waals surface area contributed by atoms with Crippen LogP contribution in [-0.4, -0.2) is 69.1 Å². The number of likely N-dealkylation sites (tertiary alicyclic amines) is 1. The summed E-state index contributed by atoms with van der Waals surface area (Å²) in [6.45, 7) is 3.95. The number of carboxylic acids is 1. The summed E-state index contributed by atoms with van der Waals surface area (Å²) < 4.78 is 5.68. The Kier molecular flexibility index (Phi) is 8.46. The zero-order valence-electron chi connectivity index (χ0n) is 22.3. The van der Waals surface area contributed by atoms with Gasteiger partial charge in [0.1, 0.15) is 11.6 Å². The number of hydrogen-bond acceptors (Lipinski definition) is 7. The molecule has 1 aromatic carbocycles. The average Bonchev–Trinajstić information content (AvgIpc) is 3.57. The number of aryl methyl sites for hydroxylation is 1. The first kappa shape index (κ1) is 26.7. The SMILES string of the molecule is CCCCN(C(=O)CN1C[C@H](c2ccc3c(c2)CCO3)[C@@H](C(=O)O)[C@@H]1CCc1ncccn1)c1cccnc1.